The first-order valence-corrected chi connectivity index (χ1v) is 4.91. The Morgan fingerprint density at radius 2 is 1.87 bits per heavy atom. The summed E-state index contributed by atoms with van der Waals surface area (Å²) >= 11 is 0. The summed E-state index contributed by atoms with van der Waals surface area (Å²) in [5.74, 6) is -0.370. The quantitative estimate of drug-likeness (QED) is 0.559. The summed E-state index contributed by atoms with van der Waals surface area (Å²) < 4.78 is 4.65. The van der Waals surface area contributed by atoms with E-state index >= 15 is 0 Å². The number of Topliss-reactive ketones (excluding diaryl/α,β-unsaturated/α-hetero) is 1. The molecule has 5 heteroatoms. The van der Waals surface area contributed by atoms with Crippen LogP contribution >= 0.6 is 12.4 Å². The van der Waals surface area contributed by atoms with Crippen LogP contribution in [0.4, 0.5) is 0 Å². The number of ketones is 1. The molecule has 0 amide bonds. The van der Waals surface area contributed by atoms with Crippen molar-refractivity contribution < 1.29 is 14.3 Å². The minimum atomic E-state index is -0.542. The fraction of sp³-hybridized carbons (Fsp3) is 0.800. The average Bonchev–Trinajstić information content (AvgIpc) is 2.02. The topological polar surface area (TPSA) is 69.4 Å². The number of halogens is 1. The molecule has 0 aromatic heterocycles. The first-order valence-electron chi connectivity index (χ1n) is 4.91. The number of carbonyl (C=O) groups is 2. The molecule has 0 unspecified atom stereocenters. The van der Waals surface area contributed by atoms with Gasteiger partial charge in [0.1, 0.15) is 6.42 Å². The molecule has 0 saturated carbocycles. The van der Waals surface area contributed by atoms with E-state index in [0.29, 0.717) is 18.9 Å². The molecule has 0 aliphatic rings. The van der Waals surface area contributed by atoms with E-state index in [1.165, 1.54) is 0 Å². The van der Waals surface area contributed by atoms with Crippen molar-refractivity contribution in [3.63, 3.8) is 0 Å². The minimum absolute atomic E-state index is 0. The van der Waals surface area contributed by atoms with Gasteiger partial charge in [0.15, 0.2) is 5.78 Å². The molecule has 0 aromatic carbocycles. The maximum atomic E-state index is 11.3. The zero-order valence-electron chi connectivity index (χ0n) is 9.49. The monoisotopic (exact) mass is 237 g/mol. The Hall–Kier alpha value is -0.610. The van der Waals surface area contributed by atoms with Gasteiger partial charge in [0.25, 0.3) is 0 Å². The Bertz CT molecular complexity index is 207. The van der Waals surface area contributed by atoms with Crippen LogP contribution in [0, 0.1) is 5.92 Å². The van der Waals surface area contributed by atoms with Gasteiger partial charge in [-0.05, 0) is 19.3 Å². The molecule has 90 valence electrons. The minimum Gasteiger partial charge on any atom is -0.466 e. The van der Waals surface area contributed by atoms with Crippen LogP contribution in [0.2, 0.25) is 0 Å². The molecule has 0 bridgehead atoms. The van der Waals surface area contributed by atoms with Crippen molar-refractivity contribution in [1.29, 1.82) is 0 Å². The summed E-state index contributed by atoms with van der Waals surface area (Å²) in [6, 6.07) is -0.542. The molecule has 0 saturated heterocycles. The van der Waals surface area contributed by atoms with E-state index in [1.54, 1.807) is 6.92 Å². The van der Waals surface area contributed by atoms with Crippen LogP contribution < -0.4 is 5.73 Å². The molecule has 15 heavy (non-hydrogen) atoms. The highest BCUT2D eigenvalue weighted by Gasteiger charge is 2.18. The van der Waals surface area contributed by atoms with Crippen LogP contribution in [-0.4, -0.2) is 24.4 Å². The standard InChI is InChI=1S/C10H19NO3.ClH/c1-4-14-10(13)6-9(12)8(11)5-7(2)3;/h7-8H,4-6,11H2,1-3H3;1H/t8-;/m0./s1. The van der Waals surface area contributed by atoms with E-state index in [9.17, 15) is 9.59 Å². The molecule has 1 atom stereocenters. The summed E-state index contributed by atoms with van der Waals surface area (Å²) in [4.78, 5) is 22.3. The second-order valence-corrected chi connectivity index (χ2v) is 3.68. The largest absolute Gasteiger partial charge is 0.466 e. The highest BCUT2D eigenvalue weighted by Crippen LogP contribution is 2.05. The number of hydrogen-bond acceptors (Lipinski definition) is 4. The van der Waals surface area contributed by atoms with Crippen molar-refractivity contribution in [3.8, 4) is 0 Å². The lowest BCUT2D eigenvalue weighted by Gasteiger charge is -2.12. The number of rotatable bonds is 6. The van der Waals surface area contributed by atoms with Gasteiger partial charge in [-0.3, -0.25) is 9.59 Å². The second-order valence-electron chi connectivity index (χ2n) is 3.68. The fourth-order valence-corrected chi connectivity index (χ4v) is 1.12. The predicted octanol–water partition coefficient (Wildman–Crippen LogP) is 1.30. The zero-order valence-corrected chi connectivity index (χ0v) is 10.3. The Kier molecular flexibility index (Phi) is 9.72. The van der Waals surface area contributed by atoms with Crippen LogP contribution in [-0.2, 0) is 14.3 Å². The van der Waals surface area contributed by atoms with Gasteiger partial charge in [-0.15, -0.1) is 12.4 Å². The zero-order chi connectivity index (χ0) is 11.1. The van der Waals surface area contributed by atoms with E-state index in [4.69, 9.17) is 5.73 Å². The van der Waals surface area contributed by atoms with Crippen LogP contribution in [0.15, 0.2) is 0 Å². The van der Waals surface area contributed by atoms with Crippen molar-refractivity contribution in [2.45, 2.75) is 39.7 Å². The van der Waals surface area contributed by atoms with Crippen LogP contribution in [0.25, 0.3) is 0 Å². The Labute approximate surface area is 97.0 Å². The smallest absolute Gasteiger partial charge is 0.313 e. The lowest BCUT2D eigenvalue weighted by Crippen LogP contribution is -2.33. The summed E-state index contributed by atoms with van der Waals surface area (Å²) in [5, 5.41) is 0. The molecule has 0 aliphatic carbocycles. The molecule has 0 fully saturated rings. The third-order valence-corrected chi connectivity index (χ3v) is 1.76. The van der Waals surface area contributed by atoms with Gasteiger partial charge in [-0.1, -0.05) is 13.8 Å². The number of hydrogen-bond donors (Lipinski definition) is 1. The summed E-state index contributed by atoms with van der Waals surface area (Å²) in [6.07, 6.45) is 0.403. The van der Waals surface area contributed by atoms with E-state index in [0.717, 1.165) is 0 Å². The highest BCUT2D eigenvalue weighted by atomic mass is 35.5. The highest BCUT2D eigenvalue weighted by molar-refractivity contribution is 5.98. The molecule has 2 N–H and O–H groups in total. The van der Waals surface area contributed by atoms with E-state index in [2.05, 4.69) is 4.74 Å². The normalized spacial score (nSPS) is 11.8. The van der Waals surface area contributed by atoms with Gasteiger partial charge < -0.3 is 10.5 Å². The van der Waals surface area contributed by atoms with Crippen molar-refractivity contribution in [2.24, 2.45) is 11.7 Å². The number of esters is 1. The SMILES string of the molecule is CCOC(=O)CC(=O)[C@@H](N)CC(C)C.Cl. The van der Waals surface area contributed by atoms with Crippen LogP contribution in [0.1, 0.15) is 33.6 Å². The number of carbonyl (C=O) groups excluding carboxylic acids is 2. The third kappa shape index (κ3) is 8.39. The van der Waals surface area contributed by atoms with Crippen molar-refractivity contribution in [1.82, 2.24) is 0 Å². The number of nitrogens with two attached hydrogens (primary N) is 1. The first-order chi connectivity index (χ1) is 6.47. The van der Waals surface area contributed by atoms with Crippen molar-refractivity contribution in [2.75, 3.05) is 6.61 Å². The Morgan fingerprint density at radius 1 is 1.33 bits per heavy atom. The van der Waals surface area contributed by atoms with Gasteiger partial charge in [0.05, 0.1) is 12.6 Å². The first kappa shape index (κ1) is 16.8. The molecule has 0 spiro atoms. The maximum Gasteiger partial charge on any atom is 0.313 e. The maximum absolute atomic E-state index is 11.3. The van der Waals surface area contributed by atoms with Crippen LogP contribution in [0.3, 0.4) is 0 Å². The lowest BCUT2D eigenvalue weighted by atomic mass is 10.00. The van der Waals surface area contributed by atoms with Gasteiger partial charge >= 0.3 is 5.97 Å². The van der Waals surface area contributed by atoms with E-state index in [-0.39, 0.29) is 24.6 Å². The third-order valence-electron chi connectivity index (χ3n) is 1.76. The Morgan fingerprint density at radius 3 is 2.27 bits per heavy atom. The summed E-state index contributed by atoms with van der Waals surface area (Å²) in [6.45, 7) is 5.97. The van der Waals surface area contributed by atoms with Gasteiger partial charge in [-0.25, -0.2) is 0 Å². The van der Waals surface area contributed by atoms with Gasteiger partial charge in [0.2, 0.25) is 0 Å². The second kappa shape index (κ2) is 8.68. The molecule has 4 nitrogen and oxygen atoms in total. The summed E-state index contributed by atoms with van der Waals surface area (Å²) in [7, 11) is 0. The molecule has 0 heterocycles. The predicted molar refractivity (Wildman–Crippen MR) is 60.9 cm³/mol. The molecule has 0 aromatic rings. The van der Waals surface area contributed by atoms with Crippen molar-refractivity contribution >= 4 is 24.2 Å². The lowest BCUT2D eigenvalue weighted by molar-refractivity contribution is -0.145. The molecular weight excluding hydrogens is 218 g/mol. The van der Waals surface area contributed by atoms with E-state index < -0.39 is 12.0 Å². The molecular formula is C10H20ClNO3. The number of ether oxygens (including phenoxy) is 1. The summed E-state index contributed by atoms with van der Waals surface area (Å²) in [5.41, 5.74) is 5.61. The Balaban J connectivity index is 0. The van der Waals surface area contributed by atoms with Gasteiger partial charge in [0, 0.05) is 0 Å². The van der Waals surface area contributed by atoms with Crippen molar-refractivity contribution in [3.05, 3.63) is 0 Å². The molecule has 0 radical (unpaired) electrons. The fourth-order valence-electron chi connectivity index (χ4n) is 1.12. The average molecular weight is 238 g/mol. The van der Waals surface area contributed by atoms with E-state index in [1.807, 2.05) is 13.8 Å². The van der Waals surface area contributed by atoms with Crippen LogP contribution in [0.5, 0.6) is 0 Å². The molecule has 0 rings (SSSR count). The van der Waals surface area contributed by atoms with Gasteiger partial charge in [-0.2, -0.15) is 0 Å². The molecule has 0 aliphatic heterocycles.